The van der Waals surface area contributed by atoms with Crippen LogP contribution in [0.3, 0.4) is 0 Å². The molecule has 0 aromatic heterocycles. The molecule has 1 N–H and O–H groups in total. The van der Waals surface area contributed by atoms with Crippen molar-refractivity contribution in [1.82, 2.24) is 5.43 Å². The van der Waals surface area contributed by atoms with Crippen LogP contribution in [0.25, 0.3) is 0 Å². The van der Waals surface area contributed by atoms with E-state index in [9.17, 15) is 0 Å². The van der Waals surface area contributed by atoms with Gasteiger partial charge in [0.2, 0.25) is 0 Å². The van der Waals surface area contributed by atoms with Crippen molar-refractivity contribution in [3.63, 3.8) is 0 Å². The third-order valence-corrected chi connectivity index (χ3v) is 3.05. The summed E-state index contributed by atoms with van der Waals surface area (Å²) in [5.74, 6) is 0.326. The molecule has 1 heterocycles. The maximum absolute atomic E-state index is 4.43. The van der Waals surface area contributed by atoms with Gasteiger partial charge in [0.15, 0.2) is 0 Å². The first-order valence-corrected chi connectivity index (χ1v) is 6.18. The quantitative estimate of drug-likeness (QED) is 0.799. The van der Waals surface area contributed by atoms with Gasteiger partial charge >= 0.3 is 0 Å². The zero-order valence-corrected chi connectivity index (χ0v) is 10.6. The van der Waals surface area contributed by atoms with Crippen molar-refractivity contribution in [1.29, 1.82) is 0 Å². The maximum Gasteiger partial charge on any atom is 0.0764 e. The van der Waals surface area contributed by atoms with Gasteiger partial charge in [-0.1, -0.05) is 61.2 Å². The minimum absolute atomic E-state index is 0.326. The van der Waals surface area contributed by atoms with Crippen LogP contribution in [0.4, 0.5) is 0 Å². The Morgan fingerprint density at radius 2 is 2.17 bits per heavy atom. The Bertz CT molecular complexity index is 495. The molecule has 0 spiro atoms. The van der Waals surface area contributed by atoms with Gasteiger partial charge in [-0.05, 0) is 18.1 Å². The molecule has 1 aromatic rings. The van der Waals surface area contributed by atoms with Crippen molar-refractivity contribution in [2.24, 2.45) is 5.10 Å². The van der Waals surface area contributed by atoms with Crippen molar-refractivity contribution in [3.8, 4) is 0 Å². The Balaban J connectivity index is 2.27. The fourth-order valence-corrected chi connectivity index (χ4v) is 2.12. The van der Waals surface area contributed by atoms with Gasteiger partial charge in [0, 0.05) is 12.5 Å². The molecule has 0 aliphatic carbocycles. The first-order chi connectivity index (χ1) is 8.86. The standard InChI is InChI=1S/C16H18N2/c1-3-5-9-13(4-2)16-15(12-17-18-16)14-10-7-6-8-11-14/h3-11,15,17H,1,12H2,2H3/b9-5-,13-4+. The van der Waals surface area contributed by atoms with Gasteiger partial charge in [0.05, 0.1) is 5.71 Å². The van der Waals surface area contributed by atoms with Crippen molar-refractivity contribution >= 4 is 5.71 Å². The molecule has 0 fully saturated rings. The summed E-state index contributed by atoms with van der Waals surface area (Å²) in [5, 5.41) is 4.43. The van der Waals surface area contributed by atoms with Gasteiger partial charge in [0.25, 0.3) is 0 Å². The van der Waals surface area contributed by atoms with Gasteiger partial charge in [-0.3, -0.25) is 0 Å². The summed E-state index contributed by atoms with van der Waals surface area (Å²) >= 11 is 0. The highest BCUT2D eigenvalue weighted by Gasteiger charge is 2.24. The Kier molecular flexibility index (Phi) is 4.13. The predicted octanol–water partition coefficient (Wildman–Crippen LogP) is 3.42. The van der Waals surface area contributed by atoms with E-state index in [-0.39, 0.29) is 0 Å². The number of hydrogen-bond acceptors (Lipinski definition) is 2. The van der Waals surface area contributed by atoms with Crippen LogP contribution in [0, 0.1) is 0 Å². The largest absolute Gasteiger partial charge is 0.309 e. The number of nitrogens with one attached hydrogen (secondary N) is 1. The fourth-order valence-electron chi connectivity index (χ4n) is 2.12. The molecule has 1 aliphatic heterocycles. The molecule has 2 nitrogen and oxygen atoms in total. The lowest BCUT2D eigenvalue weighted by molar-refractivity contribution is 0.763. The highest BCUT2D eigenvalue weighted by molar-refractivity contribution is 6.07. The molecule has 0 bridgehead atoms. The second-order valence-electron chi connectivity index (χ2n) is 4.16. The highest BCUT2D eigenvalue weighted by atomic mass is 15.3. The van der Waals surface area contributed by atoms with Crippen molar-refractivity contribution < 1.29 is 0 Å². The minimum atomic E-state index is 0.326. The van der Waals surface area contributed by atoms with Gasteiger partial charge in [-0.2, -0.15) is 5.10 Å². The van der Waals surface area contributed by atoms with E-state index in [1.165, 1.54) is 5.56 Å². The number of benzene rings is 1. The second-order valence-corrected chi connectivity index (χ2v) is 4.16. The van der Waals surface area contributed by atoms with Gasteiger partial charge in [0.1, 0.15) is 0 Å². The molecule has 2 heteroatoms. The number of hydrogen-bond donors (Lipinski definition) is 1. The predicted molar refractivity (Wildman–Crippen MR) is 77.7 cm³/mol. The first-order valence-electron chi connectivity index (χ1n) is 6.18. The summed E-state index contributed by atoms with van der Waals surface area (Å²) in [7, 11) is 0. The van der Waals surface area contributed by atoms with Gasteiger partial charge in [-0.25, -0.2) is 0 Å². The van der Waals surface area contributed by atoms with E-state index in [1.807, 2.05) is 19.1 Å². The van der Waals surface area contributed by atoms with Crippen LogP contribution < -0.4 is 5.43 Å². The van der Waals surface area contributed by atoms with E-state index in [0.717, 1.165) is 17.8 Å². The molecule has 92 valence electrons. The zero-order valence-electron chi connectivity index (χ0n) is 10.6. The molecule has 0 saturated carbocycles. The van der Waals surface area contributed by atoms with Crippen molar-refractivity contribution in [3.05, 3.63) is 72.4 Å². The van der Waals surface area contributed by atoms with Crippen molar-refractivity contribution in [2.45, 2.75) is 12.8 Å². The SMILES string of the molecule is C=C/C=C\C(=C/C)C1=NNCC1c1ccccc1. The van der Waals surface area contributed by atoms with E-state index in [4.69, 9.17) is 0 Å². The Morgan fingerprint density at radius 1 is 1.39 bits per heavy atom. The molecule has 1 atom stereocenters. The molecule has 0 saturated heterocycles. The second kappa shape index (κ2) is 6.01. The lowest BCUT2D eigenvalue weighted by Gasteiger charge is -2.12. The number of nitrogens with zero attached hydrogens (tertiary/aromatic N) is 1. The molecule has 2 rings (SSSR count). The summed E-state index contributed by atoms with van der Waals surface area (Å²) < 4.78 is 0. The smallest absolute Gasteiger partial charge is 0.0764 e. The number of allylic oxidation sites excluding steroid dienone is 5. The fraction of sp³-hybridized carbons (Fsp3) is 0.188. The van der Waals surface area contributed by atoms with Gasteiger partial charge in [-0.15, -0.1) is 0 Å². The lowest BCUT2D eigenvalue weighted by Crippen LogP contribution is -2.14. The van der Waals surface area contributed by atoms with Crippen LogP contribution in [0.1, 0.15) is 18.4 Å². The lowest BCUT2D eigenvalue weighted by atomic mass is 9.90. The van der Waals surface area contributed by atoms with E-state index in [0.29, 0.717) is 5.92 Å². The maximum atomic E-state index is 4.43. The molecule has 1 unspecified atom stereocenters. The average Bonchev–Trinajstić information content (AvgIpc) is 2.90. The Hall–Kier alpha value is -2.09. The first kappa shape index (κ1) is 12.4. The van der Waals surface area contributed by atoms with Crippen LogP contribution in [0.5, 0.6) is 0 Å². The van der Waals surface area contributed by atoms with Crippen LogP contribution in [0.2, 0.25) is 0 Å². The van der Waals surface area contributed by atoms with Crippen LogP contribution >= 0.6 is 0 Å². The molecule has 1 aliphatic rings. The van der Waals surface area contributed by atoms with E-state index in [1.54, 1.807) is 6.08 Å². The van der Waals surface area contributed by atoms with E-state index in [2.05, 4.69) is 53.5 Å². The molecular weight excluding hydrogens is 220 g/mol. The van der Waals surface area contributed by atoms with Crippen LogP contribution in [-0.4, -0.2) is 12.3 Å². The van der Waals surface area contributed by atoms with Crippen LogP contribution in [-0.2, 0) is 0 Å². The monoisotopic (exact) mass is 238 g/mol. The number of rotatable bonds is 4. The normalized spacial score (nSPS) is 19.7. The average molecular weight is 238 g/mol. The third kappa shape index (κ3) is 2.59. The molecular formula is C16H18N2. The third-order valence-electron chi connectivity index (χ3n) is 3.05. The summed E-state index contributed by atoms with van der Waals surface area (Å²) in [4.78, 5) is 0. The minimum Gasteiger partial charge on any atom is -0.309 e. The zero-order chi connectivity index (χ0) is 12.8. The molecule has 0 radical (unpaired) electrons. The molecule has 1 aromatic carbocycles. The highest BCUT2D eigenvalue weighted by Crippen LogP contribution is 2.24. The number of hydrazone groups is 1. The summed E-state index contributed by atoms with van der Waals surface area (Å²) in [6, 6.07) is 10.5. The van der Waals surface area contributed by atoms with E-state index >= 15 is 0 Å². The van der Waals surface area contributed by atoms with Gasteiger partial charge < -0.3 is 5.43 Å². The Labute approximate surface area is 108 Å². The summed E-state index contributed by atoms with van der Waals surface area (Å²) in [5.41, 5.74) is 6.64. The van der Waals surface area contributed by atoms with E-state index < -0.39 is 0 Å². The van der Waals surface area contributed by atoms with Crippen LogP contribution in [0.15, 0.2) is 71.9 Å². The molecule has 18 heavy (non-hydrogen) atoms. The van der Waals surface area contributed by atoms with Crippen molar-refractivity contribution in [2.75, 3.05) is 6.54 Å². The summed E-state index contributed by atoms with van der Waals surface area (Å²) in [6.45, 7) is 6.59. The summed E-state index contributed by atoms with van der Waals surface area (Å²) in [6.07, 6.45) is 7.86. The Morgan fingerprint density at radius 3 is 2.83 bits per heavy atom. The molecule has 0 amide bonds. The topological polar surface area (TPSA) is 24.4 Å².